The van der Waals surface area contributed by atoms with Crippen LogP contribution in [0.4, 0.5) is 18.4 Å². The molecule has 2 aliphatic heterocycles. The number of alkyl halides is 2. The molecule has 2 fully saturated rings. The Morgan fingerprint density at radius 3 is 1.36 bits per heavy atom. The first-order valence-corrected chi connectivity index (χ1v) is 19.3. The van der Waals surface area contributed by atoms with Crippen LogP contribution in [0.15, 0.2) is 60.7 Å². The van der Waals surface area contributed by atoms with Crippen molar-refractivity contribution in [3.05, 3.63) is 72.3 Å². The van der Waals surface area contributed by atoms with Gasteiger partial charge < -0.3 is 39.9 Å². The quantitative estimate of drug-likeness (QED) is 0.116. The number of carbonyl (C=O) groups is 4. The minimum Gasteiger partial charge on any atom is -0.453 e. The molecule has 306 valence electrons. The Morgan fingerprint density at radius 2 is 1.02 bits per heavy atom. The number of nitrogens with zero attached hydrogens (tertiary/aromatic N) is 4. The highest BCUT2D eigenvalue weighted by atomic mass is 19.1. The highest BCUT2D eigenvalue weighted by Gasteiger charge is 2.45. The smallest absolute Gasteiger partial charge is 0.407 e. The van der Waals surface area contributed by atoms with Gasteiger partial charge in [0.25, 0.3) is 0 Å². The van der Waals surface area contributed by atoms with Crippen molar-refractivity contribution in [1.82, 2.24) is 40.4 Å². The minimum absolute atomic E-state index is 0.403. The Hall–Kier alpha value is -6.06. The molecule has 0 aliphatic carbocycles. The molecular weight excluding hydrogens is 751 g/mol. The first kappa shape index (κ1) is 40.1. The van der Waals surface area contributed by atoms with Crippen LogP contribution in [0.1, 0.15) is 77.1 Å². The van der Waals surface area contributed by atoms with Crippen LogP contribution >= 0.6 is 0 Å². The van der Waals surface area contributed by atoms with Crippen LogP contribution in [0.5, 0.6) is 0 Å². The number of likely N-dealkylation sites (tertiary alicyclic amines) is 2. The molecule has 4 atom stereocenters. The van der Waals surface area contributed by atoms with Gasteiger partial charge in [0, 0.05) is 13.1 Å². The van der Waals surface area contributed by atoms with Gasteiger partial charge in [-0.1, -0.05) is 36.4 Å². The van der Waals surface area contributed by atoms with Crippen molar-refractivity contribution < 1.29 is 37.4 Å². The molecule has 14 nitrogen and oxygen atoms in total. The summed E-state index contributed by atoms with van der Waals surface area (Å²) in [7, 11) is 2.33. The summed E-state index contributed by atoms with van der Waals surface area (Å²) in [6, 6.07) is 16.3. The third-order valence-corrected chi connectivity index (χ3v) is 11.0. The van der Waals surface area contributed by atoms with Gasteiger partial charge in [0.15, 0.2) is 0 Å². The van der Waals surface area contributed by atoms with Crippen LogP contribution in [0, 0.1) is 0 Å². The van der Waals surface area contributed by atoms with Gasteiger partial charge in [-0.05, 0) is 99.9 Å². The third-order valence-electron chi connectivity index (χ3n) is 11.0. The molecule has 4 heterocycles. The summed E-state index contributed by atoms with van der Waals surface area (Å²) in [4.78, 5) is 70.6. The number of methoxy groups -OCH3 is 2. The number of fused-ring (bicyclic) bond motifs is 2. The Labute approximate surface area is 334 Å². The first-order valence-electron chi connectivity index (χ1n) is 19.3. The molecule has 3 unspecified atom stereocenters. The molecule has 5 aromatic rings. The van der Waals surface area contributed by atoms with E-state index in [0.29, 0.717) is 50.4 Å². The van der Waals surface area contributed by atoms with E-state index in [0.717, 1.165) is 58.5 Å². The number of aromatic amines is 2. The van der Waals surface area contributed by atoms with Crippen molar-refractivity contribution >= 4 is 46.1 Å². The second kappa shape index (κ2) is 15.7. The molecule has 0 saturated carbocycles. The SMILES string of the molecule is COC(=O)NC(C(=O)N1CCCC1c1nc2cc(-c3ccc(-c4ccc5[nH]c([C@@H]6CCCN6C(=O)C(NC(=O)OC)C(C)(C)F)nc5c4)cc3)ccc2[nH]1)C(C)(C)F. The van der Waals surface area contributed by atoms with Gasteiger partial charge in [0.05, 0.1) is 48.4 Å². The van der Waals surface area contributed by atoms with E-state index in [2.05, 4.69) is 30.1 Å². The van der Waals surface area contributed by atoms with E-state index >= 15 is 8.78 Å². The lowest BCUT2D eigenvalue weighted by atomic mass is 9.99. The number of amides is 4. The number of aromatic nitrogens is 4. The number of carbonyl (C=O) groups excluding carboxylic acids is 4. The van der Waals surface area contributed by atoms with Crippen LogP contribution in [-0.4, -0.2) is 104 Å². The molecular formula is C42H48F2N8O6. The van der Waals surface area contributed by atoms with Gasteiger partial charge in [-0.3, -0.25) is 9.59 Å². The molecule has 0 spiro atoms. The fourth-order valence-electron chi connectivity index (χ4n) is 7.95. The summed E-state index contributed by atoms with van der Waals surface area (Å²) in [6.45, 7) is 5.80. The Kier molecular flexibility index (Phi) is 10.9. The number of imidazole rings is 2. The first-order chi connectivity index (χ1) is 27.5. The maximum absolute atomic E-state index is 15.1. The number of alkyl carbamates (subject to hydrolysis) is 2. The zero-order valence-electron chi connectivity index (χ0n) is 33.3. The molecule has 4 N–H and O–H groups in total. The third kappa shape index (κ3) is 8.04. The van der Waals surface area contributed by atoms with Crippen molar-refractivity contribution in [2.75, 3.05) is 27.3 Å². The average Bonchev–Trinajstić information content (AvgIpc) is 4.02. The molecule has 58 heavy (non-hydrogen) atoms. The fraction of sp³-hybridized carbons (Fsp3) is 0.429. The zero-order chi connectivity index (χ0) is 41.5. The number of benzene rings is 3. The summed E-state index contributed by atoms with van der Waals surface area (Å²) in [6.07, 6.45) is 0.916. The molecule has 0 radical (unpaired) electrons. The van der Waals surface area contributed by atoms with Gasteiger partial charge in [0.2, 0.25) is 11.8 Å². The van der Waals surface area contributed by atoms with Crippen molar-refractivity contribution in [2.24, 2.45) is 0 Å². The second-order valence-corrected chi connectivity index (χ2v) is 15.9. The van der Waals surface area contributed by atoms with Crippen LogP contribution in [0.25, 0.3) is 44.3 Å². The summed E-state index contributed by atoms with van der Waals surface area (Å²) in [5, 5.41) is 4.72. The van der Waals surface area contributed by atoms with Crippen LogP contribution < -0.4 is 10.6 Å². The highest BCUT2D eigenvalue weighted by Crippen LogP contribution is 2.36. The van der Waals surface area contributed by atoms with E-state index in [4.69, 9.17) is 9.97 Å². The maximum Gasteiger partial charge on any atom is 0.407 e. The summed E-state index contributed by atoms with van der Waals surface area (Å²) >= 11 is 0. The predicted octanol–water partition coefficient (Wildman–Crippen LogP) is 7.05. The van der Waals surface area contributed by atoms with Crippen LogP contribution in [-0.2, 0) is 19.1 Å². The summed E-state index contributed by atoms with van der Waals surface area (Å²) in [5.74, 6) is 0.109. The molecule has 16 heteroatoms. The van der Waals surface area contributed by atoms with Gasteiger partial charge >= 0.3 is 12.2 Å². The maximum atomic E-state index is 15.1. The van der Waals surface area contributed by atoms with Crippen molar-refractivity contribution in [1.29, 1.82) is 0 Å². The number of halogens is 2. The summed E-state index contributed by atoms with van der Waals surface area (Å²) in [5.41, 5.74) is 2.81. The van der Waals surface area contributed by atoms with E-state index in [1.165, 1.54) is 27.7 Å². The van der Waals surface area contributed by atoms with E-state index in [1.54, 1.807) is 9.80 Å². The molecule has 2 aliphatic rings. The summed E-state index contributed by atoms with van der Waals surface area (Å²) < 4.78 is 39.6. The van der Waals surface area contributed by atoms with Crippen LogP contribution in [0.3, 0.4) is 0 Å². The van der Waals surface area contributed by atoms with E-state index < -0.39 is 59.5 Å². The number of ether oxygens (including phenoxy) is 2. The lowest BCUT2D eigenvalue weighted by molar-refractivity contribution is -0.138. The molecule has 0 bridgehead atoms. The number of hydrogen-bond acceptors (Lipinski definition) is 8. The Bertz CT molecular complexity index is 2180. The van der Waals surface area contributed by atoms with Gasteiger partial charge in [-0.25, -0.2) is 28.3 Å². The van der Waals surface area contributed by atoms with Crippen molar-refractivity contribution in [2.45, 2.75) is 88.9 Å². The number of H-pyrrole nitrogens is 2. The second-order valence-electron chi connectivity index (χ2n) is 15.9. The van der Waals surface area contributed by atoms with Crippen LogP contribution in [0.2, 0.25) is 0 Å². The zero-order valence-corrected chi connectivity index (χ0v) is 33.3. The monoisotopic (exact) mass is 798 g/mol. The van der Waals surface area contributed by atoms with Gasteiger partial charge in [0.1, 0.15) is 35.1 Å². The minimum atomic E-state index is -2.03. The molecule has 3 aromatic carbocycles. The fourth-order valence-corrected chi connectivity index (χ4v) is 7.95. The molecule has 2 aromatic heterocycles. The van der Waals surface area contributed by atoms with Gasteiger partial charge in [-0.15, -0.1) is 0 Å². The standard InChI is InChI=1S/C42H48F2N8O6/c1-41(2,43)33(49-39(55)57-5)37(53)51-19-7-9-31(51)35-45-27-17-15-25(21-29(27)47-35)23-11-13-24(14-12-23)26-16-18-28-30(22-26)48-36(46-28)32-10-8-20-52(32)38(54)34(42(3,4)44)50-40(56)58-6/h11-18,21-22,31-34H,7-10,19-20H2,1-6H3,(H,45,47)(H,46,48)(H,49,55)(H,50,56)/t31-,32?,33?,34?/m0/s1. The highest BCUT2D eigenvalue weighted by molar-refractivity contribution is 5.89. The number of rotatable bonds is 10. The lowest BCUT2D eigenvalue weighted by Gasteiger charge is -2.32. The average molecular weight is 799 g/mol. The van der Waals surface area contributed by atoms with Crippen molar-refractivity contribution in [3.8, 4) is 22.3 Å². The topological polar surface area (TPSA) is 175 Å². The van der Waals surface area contributed by atoms with E-state index in [-0.39, 0.29) is 0 Å². The number of hydrogen-bond donors (Lipinski definition) is 4. The Balaban J connectivity index is 1.07. The largest absolute Gasteiger partial charge is 0.453 e. The number of nitrogens with one attached hydrogen (secondary N) is 4. The predicted molar refractivity (Wildman–Crippen MR) is 213 cm³/mol. The normalized spacial score (nSPS) is 18.3. The van der Waals surface area contributed by atoms with E-state index in [1.807, 2.05) is 60.7 Å². The molecule has 7 rings (SSSR count). The molecule has 2 saturated heterocycles. The Morgan fingerprint density at radius 1 is 0.655 bits per heavy atom. The van der Waals surface area contributed by atoms with E-state index in [9.17, 15) is 19.2 Å². The molecule has 4 amide bonds. The lowest BCUT2D eigenvalue weighted by Crippen LogP contribution is -2.56. The van der Waals surface area contributed by atoms with Gasteiger partial charge in [-0.2, -0.15) is 0 Å². The van der Waals surface area contributed by atoms with Crippen molar-refractivity contribution in [3.63, 3.8) is 0 Å².